The molecule has 8 nitrogen and oxygen atoms in total. The summed E-state index contributed by atoms with van der Waals surface area (Å²) in [5.41, 5.74) is 0.197. The second-order valence-corrected chi connectivity index (χ2v) is 8.80. The third kappa shape index (κ3) is 4.51. The van der Waals surface area contributed by atoms with Gasteiger partial charge in [-0.15, -0.1) is 16.4 Å². The molecule has 0 aromatic carbocycles. The van der Waals surface area contributed by atoms with E-state index in [9.17, 15) is 9.59 Å². The lowest BCUT2D eigenvalue weighted by molar-refractivity contribution is -0.126. The van der Waals surface area contributed by atoms with E-state index < -0.39 is 5.97 Å². The normalized spacial score (nSPS) is 23.2. The first-order valence-corrected chi connectivity index (χ1v) is 11.1. The molecule has 1 aliphatic heterocycles. The number of hydrogen-bond acceptors (Lipinski definition) is 7. The van der Waals surface area contributed by atoms with Crippen molar-refractivity contribution in [3.05, 3.63) is 34.3 Å². The summed E-state index contributed by atoms with van der Waals surface area (Å²) in [6, 6.07) is 4.28. The molecule has 4 rings (SSSR count). The van der Waals surface area contributed by atoms with Gasteiger partial charge in [0.15, 0.2) is 5.69 Å². The Hall–Kier alpha value is -2.26. The van der Waals surface area contributed by atoms with Crippen molar-refractivity contribution in [3.8, 4) is 0 Å². The minimum Gasteiger partial charge on any atom is -0.464 e. The standard InChI is InChI=1S/C20H27N5O3S/c1-28-20(27)17-13-25(23-22-17)15-10-18(19(26)21-11-16-8-5-9-29-16)24(12-15)14-6-3-2-4-7-14/h5,8-9,13-15,18H,2-4,6-7,10-12H2,1H3,(H,21,26)/t15-,18+/m1/s1. The van der Waals surface area contributed by atoms with Crippen molar-refractivity contribution in [1.29, 1.82) is 0 Å². The Kier molecular flexibility index (Phi) is 6.25. The zero-order chi connectivity index (χ0) is 20.2. The molecule has 1 amide bonds. The molecule has 2 aromatic heterocycles. The molecule has 29 heavy (non-hydrogen) atoms. The minimum absolute atomic E-state index is 0.0142. The summed E-state index contributed by atoms with van der Waals surface area (Å²) in [6.45, 7) is 1.30. The van der Waals surface area contributed by atoms with Crippen molar-refractivity contribution in [2.45, 2.75) is 63.2 Å². The first kappa shape index (κ1) is 20.0. The Balaban J connectivity index is 1.48. The molecule has 156 valence electrons. The Morgan fingerprint density at radius 3 is 2.83 bits per heavy atom. The molecule has 3 heterocycles. The van der Waals surface area contributed by atoms with Crippen LogP contribution in [0.15, 0.2) is 23.7 Å². The molecule has 9 heteroatoms. The van der Waals surface area contributed by atoms with E-state index in [0.717, 1.165) is 24.3 Å². The number of carbonyl (C=O) groups excluding carboxylic acids is 2. The average Bonchev–Trinajstić information content (AvgIpc) is 3.52. The number of nitrogens with zero attached hydrogens (tertiary/aromatic N) is 4. The van der Waals surface area contributed by atoms with E-state index in [-0.39, 0.29) is 23.7 Å². The van der Waals surface area contributed by atoms with Gasteiger partial charge in [-0.05, 0) is 30.7 Å². The maximum absolute atomic E-state index is 13.1. The Bertz CT molecular complexity index is 831. The van der Waals surface area contributed by atoms with E-state index in [1.807, 2.05) is 17.5 Å². The van der Waals surface area contributed by atoms with Gasteiger partial charge in [-0.2, -0.15) is 0 Å². The number of esters is 1. The van der Waals surface area contributed by atoms with Gasteiger partial charge >= 0.3 is 5.97 Å². The number of hydrogen-bond donors (Lipinski definition) is 1. The lowest BCUT2D eigenvalue weighted by Gasteiger charge is -2.34. The molecule has 0 radical (unpaired) electrons. The summed E-state index contributed by atoms with van der Waals surface area (Å²) in [7, 11) is 1.33. The fourth-order valence-corrected chi connectivity index (χ4v) is 5.11. The number of likely N-dealkylation sites (tertiary alicyclic amines) is 1. The predicted molar refractivity (Wildman–Crippen MR) is 109 cm³/mol. The second-order valence-electron chi connectivity index (χ2n) is 7.77. The number of aromatic nitrogens is 3. The summed E-state index contributed by atoms with van der Waals surface area (Å²) in [5.74, 6) is -0.427. The Morgan fingerprint density at radius 1 is 1.28 bits per heavy atom. The van der Waals surface area contributed by atoms with E-state index in [1.54, 1.807) is 22.2 Å². The van der Waals surface area contributed by atoms with Gasteiger partial charge in [0.2, 0.25) is 5.91 Å². The molecular weight excluding hydrogens is 390 g/mol. The zero-order valence-electron chi connectivity index (χ0n) is 16.6. The van der Waals surface area contributed by atoms with Gasteiger partial charge in [0.25, 0.3) is 0 Å². The maximum atomic E-state index is 13.1. The monoisotopic (exact) mass is 417 g/mol. The molecule has 1 saturated carbocycles. The van der Waals surface area contributed by atoms with E-state index in [0.29, 0.717) is 19.0 Å². The summed E-state index contributed by atoms with van der Waals surface area (Å²) in [6.07, 6.45) is 8.25. The summed E-state index contributed by atoms with van der Waals surface area (Å²) in [5, 5.41) is 13.2. The highest BCUT2D eigenvalue weighted by molar-refractivity contribution is 7.09. The van der Waals surface area contributed by atoms with Crippen LogP contribution >= 0.6 is 11.3 Å². The van der Waals surface area contributed by atoms with Crippen LogP contribution in [-0.2, 0) is 16.1 Å². The number of methoxy groups -OCH3 is 1. The third-order valence-electron chi connectivity index (χ3n) is 5.96. The molecule has 1 aliphatic carbocycles. The molecule has 2 aliphatic rings. The van der Waals surface area contributed by atoms with Crippen LogP contribution in [0.3, 0.4) is 0 Å². The number of thiophene rings is 1. The van der Waals surface area contributed by atoms with Crippen molar-refractivity contribution < 1.29 is 14.3 Å². The van der Waals surface area contributed by atoms with Crippen molar-refractivity contribution in [2.24, 2.45) is 0 Å². The number of rotatable bonds is 6. The Labute approximate surface area is 174 Å². The summed E-state index contributed by atoms with van der Waals surface area (Å²) >= 11 is 1.65. The molecule has 1 N–H and O–H groups in total. The molecule has 2 atom stereocenters. The fourth-order valence-electron chi connectivity index (χ4n) is 4.46. The highest BCUT2D eigenvalue weighted by Crippen LogP contribution is 2.34. The van der Waals surface area contributed by atoms with Crippen LogP contribution in [0.2, 0.25) is 0 Å². The van der Waals surface area contributed by atoms with E-state index in [2.05, 4.69) is 20.5 Å². The highest BCUT2D eigenvalue weighted by Gasteiger charge is 2.41. The average molecular weight is 418 g/mol. The minimum atomic E-state index is -0.497. The maximum Gasteiger partial charge on any atom is 0.360 e. The van der Waals surface area contributed by atoms with Crippen molar-refractivity contribution >= 4 is 23.2 Å². The molecule has 1 saturated heterocycles. The van der Waals surface area contributed by atoms with Crippen molar-refractivity contribution in [1.82, 2.24) is 25.2 Å². The first-order chi connectivity index (χ1) is 14.2. The van der Waals surface area contributed by atoms with Crippen molar-refractivity contribution in [3.63, 3.8) is 0 Å². The molecule has 2 aromatic rings. The Morgan fingerprint density at radius 2 is 2.10 bits per heavy atom. The molecular formula is C20H27N5O3S. The highest BCUT2D eigenvalue weighted by atomic mass is 32.1. The van der Waals surface area contributed by atoms with Crippen LogP contribution in [0.1, 0.15) is 59.9 Å². The van der Waals surface area contributed by atoms with Gasteiger partial charge < -0.3 is 10.1 Å². The molecule has 2 fully saturated rings. The number of nitrogens with one attached hydrogen (secondary N) is 1. The van der Waals surface area contributed by atoms with Crippen LogP contribution in [0.4, 0.5) is 0 Å². The first-order valence-electron chi connectivity index (χ1n) is 10.2. The van der Waals surface area contributed by atoms with E-state index in [1.165, 1.54) is 26.4 Å². The molecule has 0 spiro atoms. The predicted octanol–water partition coefficient (Wildman–Crippen LogP) is 2.39. The summed E-state index contributed by atoms with van der Waals surface area (Å²) < 4.78 is 6.44. The SMILES string of the molecule is COC(=O)c1cn([C@@H]2C[C@@H](C(=O)NCc3cccs3)N(C3CCCCC3)C2)nn1. The lowest BCUT2D eigenvalue weighted by atomic mass is 9.93. The van der Waals surface area contributed by atoms with Gasteiger partial charge in [0.1, 0.15) is 0 Å². The quantitative estimate of drug-likeness (QED) is 0.726. The second kappa shape index (κ2) is 9.04. The van der Waals surface area contributed by atoms with Gasteiger partial charge in [-0.1, -0.05) is 30.5 Å². The van der Waals surface area contributed by atoms with Crippen molar-refractivity contribution in [2.75, 3.05) is 13.7 Å². The fraction of sp³-hybridized carbons (Fsp3) is 0.600. The van der Waals surface area contributed by atoms with E-state index >= 15 is 0 Å². The number of ether oxygens (including phenoxy) is 1. The van der Waals surface area contributed by atoms with Gasteiger partial charge in [-0.3, -0.25) is 9.69 Å². The van der Waals surface area contributed by atoms with Gasteiger partial charge in [-0.25, -0.2) is 9.48 Å². The van der Waals surface area contributed by atoms with Crippen LogP contribution in [0.25, 0.3) is 0 Å². The lowest BCUT2D eigenvalue weighted by Crippen LogP contribution is -2.48. The van der Waals surface area contributed by atoms with Crippen LogP contribution < -0.4 is 5.32 Å². The number of carbonyl (C=O) groups is 2. The summed E-state index contributed by atoms with van der Waals surface area (Å²) in [4.78, 5) is 28.3. The van der Waals surface area contributed by atoms with Crippen LogP contribution in [0.5, 0.6) is 0 Å². The van der Waals surface area contributed by atoms with Crippen LogP contribution in [0, 0.1) is 0 Å². The number of amides is 1. The molecule has 0 bridgehead atoms. The topological polar surface area (TPSA) is 89.4 Å². The van der Waals surface area contributed by atoms with Gasteiger partial charge in [0.05, 0.1) is 31.9 Å². The van der Waals surface area contributed by atoms with Crippen LogP contribution in [-0.4, -0.2) is 57.5 Å². The zero-order valence-corrected chi connectivity index (χ0v) is 17.4. The smallest absolute Gasteiger partial charge is 0.360 e. The third-order valence-corrected chi connectivity index (χ3v) is 6.84. The largest absolute Gasteiger partial charge is 0.464 e. The molecule has 0 unspecified atom stereocenters. The van der Waals surface area contributed by atoms with Gasteiger partial charge in [0, 0.05) is 17.5 Å². The van der Waals surface area contributed by atoms with E-state index in [4.69, 9.17) is 4.74 Å².